The van der Waals surface area contributed by atoms with Crippen molar-refractivity contribution < 1.29 is 9.53 Å². The summed E-state index contributed by atoms with van der Waals surface area (Å²) in [6.45, 7) is 4.05. The van der Waals surface area contributed by atoms with Gasteiger partial charge in [0.1, 0.15) is 5.75 Å². The van der Waals surface area contributed by atoms with E-state index in [2.05, 4.69) is 10.3 Å². The lowest BCUT2D eigenvalue weighted by atomic mass is 10.0. The zero-order valence-corrected chi connectivity index (χ0v) is 12.2. The number of carbonyl (C=O) groups is 1. The predicted octanol–water partition coefficient (Wildman–Crippen LogP) is 3.68. The maximum atomic E-state index is 12.0. The van der Waals surface area contributed by atoms with Crippen LogP contribution in [0.15, 0.2) is 18.2 Å². The molecule has 0 radical (unpaired) electrons. The lowest BCUT2D eigenvalue weighted by Gasteiger charge is -2.10. The molecule has 1 aromatic carbocycles. The Morgan fingerprint density at radius 3 is 2.79 bits per heavy atom. The summed E-state index contributed by atoms with van der Waals surface area (Å²) in [5, 5.41) is 3.55. The zero-order chi connectivity index (χ0) is 13.8. The zero-order valence-electron chi connectivity index (χ0n) is 11.4. The number of benzene rings is 1. The Morgan fingerprint density at radius 2 is 2.16 bits per heavy atom. The van der Waals surface area contributed by atoms with Crippen LogP contribution in [-0.4, -0.2) is 18.0 Å². The average molecular weight is 278 g/mol. The van der Waals surface area contributed by atoms with E-state index in [1.807, 2.05) is 32.0 Å². The Labute approximate surface area is 116 Å². The van der Waals surface area contributed by atoms with Gasteiger partial charge in [-0.05, 0) is 25.0 Å². The average Bonchev–Trinajstić information content (AvgIpc) is 2.80. The minimum absolute atomic E-state index is 0.0519. The van der Waals surface area contributed by atoms with Crippen LogP contribution < -0.4 is 10.1 Å². The molecule has 2 rings (SSSR count). The molecule has 1 aromatic heterocycles. The topological polar surface area (TPSA) is 51.2 Å². The van der Waals surface area contributed by atoms with Crippen molar-refractivity contribution in [3.63, 3.8) is 0 Å². The summed E-state index contributed by atoms with van der Waals surface area (Å²) in [6, 6.07) is 5.73. The predicted molar refractivity (Wildman–Crippen MR) is 78.9 cm³/mol. The first-order valence-electron chi connectivity index (χ1n) is 6.43. The van der Waals surface area contributed by atoms with E-state index in [1.165, 1.54) is 11.3 Å². The Balaban J connectivity index is 2.19. The number of anilines is 1. The first-order valence-corrected chi connectivity index (χ1v) is 7.25. The molecule has 0 atom stereocenters. The molecule has 0 spiro atoms. The number of rotatable bonds is 5. The monoisotopic (exact) mass is 278 g/mol. The van der Waals surface area contributed by atoms with E-state index in [-0.39, 0.29) is 11.8 Å². The molecule has 0 aliphatic carbocycles. The molecule has 0 unspecified atom stereocenters. The fourth-order valence-corrected chi connectivity index (χ4v) is 2.80. The smallest absolute Gasteiger partial charge is 0.229 e. The van der Waals surface area contributed by atoms with Crippen molar-refractivity contribution in [3.05, 3.63) is 18.2 Å². The number of fused-ring (bicyclic) bond motifs is 1. The van der Waals surface area contributed by atoms with Crippen molar-refractivity contribution in [1.29, 1.82) is 0 Å². The first-order chi connectivity index (χ1) is 9.17. The maximum absolute atomic E-state index is 12.0. The van der Waals surface area contributed by atoms with E-state index in [0.29, 0.717) is 5.13 Å². The molecule has 0 aliphatic heterocycles. The van der Waals surface area contributed by atoms with E-state index >= 15 is 0 Å². The lowest BCUT2D eigenvalue weighted by molar-refractivity contribution is -0.120. The third-order valence-electron chi connectivity index (χ3n) is 3.18. The number of amides is 1. The molecule has 5 heteroatoms. The molecule has 1 heterocycles. The molecular weight excluding hydrogens is 260 g/mol. The van der Waals surface area contributed by atoms with Crippen LogP contribution in [0.4, 0.5) is 5.13 Å². The van der Waals surface area contributed by atoms with E-state index in [0.717, 1.165) is 28.8 Å². The molecule has 1 amide bonds. The Bertz CT molecular complexity index is 576. The van der Waals surface area contributed by atoms with Crippen molar-refractivity contribution in [1.82, 2.24) is 4.98 Å². The quantitative estimate of drug-likeness (QED) is 0.907. The van der Waals surface area contributed by atoms with E-state index in [9.17, 15) is 4.79 Å². The molecule has 102 valence electrons. The van der Waals surface area contributed by atoms with Gasteiger partial charge < -0.3 is 10.1 Å². The van der Waals surface area contributed by atoms with E-state index in [4.69, 9.17) is 4.74 Å². The van der Waals surface area contributed by atoms with Crippen LogP contribution in [0.1, 0.15) is 26.7 Å². The van der Waals surface area contributed by atoms with Gasteiger partial charge in [0.05, 0.1) is 17.3 Å². The highest BCUT2D eigenvalue weighted by Gasteiger charge is 2.16. The summed E-state index contributed by atoms with van der Waals surface area (Å²) >= 11 is 1.48. The number of methoxy groups -OCH3 is 1. The number of aromatic nitrogens is 1. The SMILES string of the molecule is CCC(CC)C(=O)Nc1nc2cc(OC)ccc2s1. The van der Waals surface area contributed by atoms with Crippen molar-refractivity contribution >= 4 is 32.6 Å². The summed E-state index contributed by atoms with van der Waals surface area (Å²) in [7, 11) is 1.63. The van der Waals surface area contributed by atoms with Crippen molar-refractivity contribution in [3.8, 4) is 5.75 Å². The number of nitrogens with zero attached hydrogens (tertiary/aromatic N) is 1. The van der Waals surface area contributed by atoms with Crippen LogP contribution in [0.2, 0.25) is 0 Å². The fraction of sp³-hybridized carbons (Fsp3) is 0.429. The number of hydrogen-bond donors (Lipinski definition) is 1. The molecule has 1 N–H and O–H groups in total. The van der Waals surface area contributed by atoms with Crippen LogP contribution in [0, 0.1) is 5.92 Å². The van der Waals surface area contributed by atoms with E-state index in [1.54, 1.807) is 7.11 Å². The summed E-state index contributed by atoms with van der Waals surface area (Å²) in [5.74, 6) is 0.883. The second kappa shape index (κ2) is 6.02. The first kappa shape index (κ1) is 13.8. The number of ether oxygens (including phenoxy) is 1. The van der Waals surface area contributed by atoms with Gasteiger partial charge in [-0.25, -0.2) is 4.98 Å². The molecule has 0 bridgehead atoms. The second-order valence-corrected chi connectivity index (χ2v) is 5.39. The Kier molecular flexibility index (Phi) is 4.37. The van der Waals surface area contributed by atoms with Crippen LogP contribution in [-0.2, 0) is 4.79 Å². The normalized spacial score (nSPS) is 10.9. The molecule has 2 aromatic rings. The highest BCUT2D eigenvalue weighted by molar-refractivity contribution is 7.22. The van der Waals surface area contributed by atoms with Gasteiger partial charge in [-0.1, -0.05) is 25.2 Å². The van der Waals surface area contributed by atoms with Gasteiger partial charge in [-0.15, -0.1) is 0 Å². The molecular formula is C14H18N2O2S. The third kappa shape index (κ3) is 3.04. The molecule has 0 aliphatic rings. The number of hydrogen-bond acceptors (Lipinski definition) is 4. The van der Waals surface area contributed by atoms with Gasteiger partial charge >= 0.3 is 0 Å². The number of carbonyl (C=O) groups excluding carboxylic acids is 1. The molecule has 0 fully saturated rings. The van der Waals surface area contributed by atoms with Crippen LogP contribution in [0.25, 0.3) is 10.2 Å². The standard InChI is InChI=1S/C14H18N2O2S/c1-4-9(5-2)13(17)16-14-15-11-8-10(18-3)6-7-12(11)19-14/h6-9H,4-5H2,1-3H3,(H,15,16,17). The van der Waals surface area contributed by atoms with Crippen LogP contribution in [0.3, 0.4) is 0 Å². The minimum Gasteiger partial charge on any atom is -0.497 e. The summed E-state index contributed by atoms with van der Waals surface area (Å²) in [4.78, 5) is 16.4. The largest absolute Gasteiger partial charge is 0.497 e. The lowest BCUT2D eigenvalue weighted by Crippen LogP contribution is -2.21. The summed E-state index contributed by atoms with van der Waals surface area (Å²) in [5.41, 5.74) is 0.851. The molecule has 0 saturated heterocycles. The third-order valence-corrected chi connectivity index (χ3v) is 4.13. The van der Waals surface area contributed by atoms with Gasteiger partial charge in [0, 0.05) is 12.0 Å². The van der Waals surface area contributed by atoms with Gasteiger partial charge in [0.25, 0.3) is 0 Å². The van der Waals surface area contributed by atoms with Gasteiger partial charge in [0.15, 0.2) is 5.13 Å². The minimum atomic E-state index is 0.0519. The molecule has 4 nitrogen and oxygen atoms in total. The van der Waals surface area contributed by atoms with Crippen molar-refractivity contribution in [2.75, 3.05) is 12.4 Å². The van der Waals surface area contributed by atoms with Gasteiger partial charge in [-0.2, -0.15) is 0 Å². The highest BCUT2D eigenvalue weighted by atomic mass is 32.1. The Morgan fingerprint density at radius 1 is 1.42 bits per heavy atom. The van der Waals surface area contributed by atoms with Crippen molar-refractivity contribution in [2.24, 2.45) is 5.92 Å². The highest BCUT2D eigenvalue weighted by Crippen LogP contribution is 2.29. The summed E-state index contributed by atoms with van der Waals surface area (Å²) < 4.78 is 6.21. The van der Waals surface area contributed by atoms with Gasteiger partial charge in [0.2, 0.25) is 5.91 Å². The van der Waals surface area contributed by atoms with Crippen LogP contribution >= 0.6 is 11.3 Å². The number of thiazole rings is 1. The fourth-order valence-electron chi connectivity index (χ4n) is 1.95. The molecule has 19 heavy (non-hydrogen) atoms. The Hall–Kier alpha value is -1.62. The molecule has 0 saturated carbocycles. The van der Waals surface area contributed by atoms with E-state index < -0.39 is 0 Å². The van der Waals surface area contributed by atoms with Crippen LogP contribution in [0.5, 0.6) is 5.75 Å². The number of nitrogens with one attached hydrogen (secondary N) is 1. The summed E-state index contributed by atoms with van der Waals surface area (Å²) in [6.07, 6.45) is 1.70. The second-order valence-electron chi connectivity index (χ2n) is 4.36. The van der Waals surface area contributed by atoms with Crippen molar-refractivity contribution in [2.45, 2.75) is 26.7 Å². The van der Waals surface area contributed by atoms with Gasteiger partial charge in [-0.3, -0.25) is 4.79 Å². The maximum Gasteiger partial charge on any atom is 0.229 e.